The van der Waals surface area contributed by atoms with Gasteiger partial charge in [0.1, 0.15) is 0 Å². The molecule has 1 heterocycles. The van der Waals surface area contributed by atoms with Gasteiger partial charge in [-0.05, 0) is 42.3 Å². The summed E-state index contributed by atoms with van der Waals surface area (Å²) in [5, 5.41) is 11.3. The molecular weight excluding hydrogens is 422 g/mol. The van der Waals surface area contributed by atoms with E-state index in [9.17, 15) is 14.7 Å². The van der Waals surface area contributed by atoms with Crippen LogP contribution in [-0.4, -0.2) is 42.8 Å². The number of hydrogen-bond donors (Lipinski definition) is 1. The standard InChI is InChI=1S/C26H23NO6/c1-15-24(26(30)33-4)20(14-19-18-8-6-5-7-16(18)9-11-21(19)28)25(29)27(15)17-10-12-22(31-2)23(13-17)32-3/h5-14,29H,1-4H3. The van der Waals surface area contributed by atoms with E-state index < -0.39 is 5.97 Å². The molecule has 3 aromatic rings. The molecule has 2 aromatic carbocycles. The molecule has 33 heavy (non-hydrogen) atoms. The average molecular weight is 445 g/mol. The van der Waals surface area contributed by atoms with Crippen molar-refractivity contribution in [2.45, 2.75) is 6.92 Å². The fourth-order valence-electron chi connectivity index (χ4n) is 4.04. The number of methoxy groups -OCH3 is 3. The second-order valence-corrected chi connectivity index (χ2v) is 7.41. The van der Waals surface area contributed by atoms with Gasteiger partial charge in [-0.1, -0.05) is 30.3 Å². The first-order valence-electron chi connectivity index (χ1n) is 10.2. The third-order valence-corrected chi connectivity index (χ3v) is 5.65. The summed E-state index contributed by atoms with van der Waals surface area (Å²) in [6, 6.07) is 12.6. The molecule has 4 rings (SSSR count). The maximum Gasteiger partial charge on any atom is 0.340 e. The molecule has 0 fully saturated rings. The van der Waals surface area contributed by atoms with Gasteiger partial charge in [0.05, 0.1) is 38.1 Å². The molecule has 0 saturated heterocycles. The van der Waals surface area contributed by atoms with Gasteiger partial charge >= 0.3 is 5.97 Å². The summed E-state index contributed by atoms with van der Waals surface area (Å²) in [6.07, 6.45) is 4.76. The van der Waals surface area contributed by atoms with Crippen molar-refractivity contribution >= 4 is 29.5 Å². The third-order valence-electron chi connectivity index (χ3n) is 5.65. The summed E-state index contributed by atoms with van der Waals surface area (Å²) in [6.45, 7) is 1.70. The molecule has 1 aromatic heterocycles. The Morgan fingerprint density at radius 2 is 1.73 bits per heavy atom. The van der Waals surface area contributed by atoms with Crippen molar-refractivity contribution in [3.05, 3.63) is 76.5 Å². The normalized spacial score (nSPS) is 13.7. The highest BCUT2D eigenvalue weighted by atomic mass is 16.5. The number of carbonyl (C=O) groups excluding carboxylic acids is 2. The zero-order valence-electron chi connectivity index (χ0n) is 18.7. The van der Waals surface area contributed by atoms with Gasteiger partial charge < -0.3 is 19.3 Å². The van der Waals surface area contributed by atoms with Crippen molar-refractivity contribution in [2.75, 3.05) is 21.3 Å². The number of rotatable bonds is 5. The molecule has 0 unspecified atom stereocenters. The molecule has 0 bridgehead atoms. The van der Waals surface area contributed by atoms with E-state index in [1.807, 2.05) is 24.3 Å². The van der Waals surface area contributed by atoms with Crippen LogP contribution in [0.1, 0.15) is 32.7 Å². The van der Waals surface area contributed by atoms with Crippen molar-refractivity contribution in [2.24, 2.45) is 0 Å². The molecule has 0 saturated carbocycles. The topological polar surface area (TPSA) is 87.0 Å². The summed E-state index contributed by atoms with van der Waals surface area (Å²) in [5.41, 5.74) is 3.33. The first-order chi connectivity index (χ1) is 15.9. The number of ether oxygens (including phenoxy) is 3. The second kappa shape index (κ2) is 8.70. The molecule has 0 atom stereocenters. The molecule has 168 valence electrons. The van der Waals surface area contributed by atoms with Gasteiger partial charge in [-0.15, -0.1) is 0 Å². The van der Waals surface area contributed by atoms with E-state index in [0.29, 0.717) is 28.5 Å². The summed E-state index contributed by atoms with van der Waals surface area (Å²) in [7, 11) is 4.32. The maximum atomic E-state index is 12.7. The maximum absolute atomic E-state index is 12.7. The van der Waals surface area contributed by atoms with Crippen LogP contribution < -0.4 is 9.47 Å². The van der Waals surface area contributed by atoms with Crippen LogP contribution in [0.3, 0.4) is 0 Å². The minimum Gasteiger partial charge on any atom is -0.494 e. The highest BCUT2D eigenvalue weighted by molar-refractivity contribution is 6.33. The average Bonchev–Trinajstić information content (AvgIpc) is 3.08. The SMILES string of the molecule is COC(=O)c1c(C=C2C(=O)C=Cc3ccccc32)c(O)n(-c2ccc(OC)c(OC)c2)c1C. The lowest BCUT2D eigenvalue weighted by Gasteiger charge is -2.13. The van der Waals surface area contributed by atoms with Crippen LogP contribution >= 0.6 is 0 Å². The Hall–Kier alpha value is -4.26. The van der Waals surface area contributed by atoms with E-state index >= 15 is 0 Å². The number of hydrogen-bond acceptors (Lipinski definition) is 6. The number of ketones is 1. The Morgan fingerprint density at radius 3 is 2.42 bits per heavy atom. The van der Waals surface area contributed by atoms with Crippen LogP contribution in [0.25, 0.3) is 23.4 Å². The van der Waals surface area contributed by atoms with E-state index in [2.05, 4.69) is 0 Å². The molecule has 1 aliphatic carbocycles. The fraction of sp³-hybridized carbons (Fsp3) is 0.154. The summed E-state index contributed by atoms with van der Waals surface area (Å²) in [5.74, 6) is -0.0605. The van der Waals surface area contributed by atoms with Crippen LogP contribution in [0.5, 0.6) is 17.4 Å². The highest BCUT2D eigenvalue weighted by Crippen LogP contribution is 2.39. The first-order valence-corrected chi connectivity index (χ1v) is 10.2. The number of fused-ring (bicyclic) bond motifs is 1. The zero-order valence-corrected chi connectivity index (χ0v) is 18.7. The van der Waals surface area contributed by atoms with Crippen LogP contribution in [0, 0.1) is 6.92 Å². The predicted octanol–water partition coefficient (Wildman–Crippen LogP) is 4.43. The van der Waals surface area contributed by atoms with Crippen LogP contribution in [0.4, 0.5) is 0 Å². The zero-order chi connectivity index (χ0) is 23.7. The van der Waals surface area contributed by atoms with E-state index in [1.165, 1.54) is 38.0 Å². The molecule has 7 nitrogen and oxygen atoms in total. The van der Waals surface area contributed by atoms with E-state index in [4.69, 9.17) is 14.2 Å². The summed E-state index contributed by atoms with van der Waals surface area (Å²) >= 11 is 0. The van der Waals surface area contributed by atoms with Crippen molar-refractivity contribution in [1.82, 2.24) is 4.57 Å². The smallest absolute Gasteiger partial charge is 0.340 e. The van der Waals surface area contributed by atoms with Crippen LogP contribution in [0.15, 0.2) is 48.5 Å². The lowest BCUT2D eigenvalue weighted by atomic mass is 9.90. The number of nitrogens with zero attached hydrogens (tertiary/aromatic N) is 1. The van der Waals surface area contributed by atoms with Crippen molar-refractivity contribution in [3.8, 4) is 23.1 Å². The van der Waals surface area contributed by atoms with E-state index in [1.54, 1.807) is 31.2 Å². The minimum atomic E-state index is -0.624. The van der Waals surface area contributed by atoms with Crippen LogP contribution in [-0.2, 0) is 9.53 Å². The second-order valence-electron chi connectivity index (χ2n) is 7.41. The van der Waals surface area contributed by atoms with Crippen molar-refractivity contribution < 1.29 is 28.9 Å². The molecule has 7 heteroatoms. The molecular formula is C26H23NO6. The monoisotopic (exact) mass is 445 g/mol. The number of benzene rings is 2. The third kappa shape index (κ3) is 3.67. The lowest BCUT2D eigenvalue weighted by molar-refractivity contribution is -0.109. The van der Waals surface area contributed by atoms with Gasteiger partial charge in [0.2, 0.25) is 5.88 Å². The van der Waals surface area contributed by atoms with Crippen molar-refractivity contribution in [3.63, 3.8) is 0 Å². The van der Waals surface area contributed by atoms with Gasteiger partial charge in [-0.2, -0.15) is 0 Å². The number of esters is 1. The summed E-state index contributed by atoms with van der Waals surface area (Å²) < 4.78 is 17.2. The Kier molecular flexibility index (Phi) is 5.79. The van der Waals surface area contributed by atoms with E-state index in [-0.39, 0.29) is 22.8 Å². The number of aromatic hydroxyl groups is 1. The number of aromatic nitrogens is 1. The van der Waals surface area contributed by atoms with Gasteiger partial charge in [0.15, 0.2) is 17.3 Å². The van der Waals surface area contributed by atoms with E-state index in [0.717, 1.165) is 11.1 Å². The molecule has 0 spiro atoms. The summed E-state index contributed by atoms with van der Waals surface area (Å²) in [4.78, 5) is 25.5. The Labute approximate surface area is 191 Å². The number of allylic oxidation sites excluding steroid dienone is 2. The highest BCUT2D eigenvalue weighted by Gasteiger charge is 2.28. The van der Waals surface area contributed by atoms with Gasteiger partial charge in [0.25, 0.3) is 0 Å². The molecule has 0 amide bonds. The molecule has 0 radical (unpaired) electrons. The largest absolute Gasteiger partial charge is 0.494 e. The van der Waals surface area contributed by atoms with Crippen molar-refractivity contribution in [1.29, 1.82) is 0 Å². The number of carbonyl (C=O) groups is 2. The van der Waals surface area contributed by atoms with Gasteiger partial charge in [-0.25, -0.2) is 4.79 Å². The fourth-order valence-corrected chi connectivity index (χ4v) is 4.04. The molecule has 0 aliphatic heterocycles. The van der Waals surface area contributed by atoms with Gasteiger partial charge in [-0.3, -0.25) is 9.36 Å². The van der Waals surface area contributed by atoms with Crippen LogP contribution in [0.2, 0.25) is 0 Å². The Morgan fingerprint density at radius 1 is 1.00 bits per heavy atom. The quantitative estimate of drug-likeness (QED) is 0.462. The van der Waals surface area contributed by atoms with Gasteiger partial charge in [0, 0.05) is 17.3 Å². The first kappa shape index (κ1) is 22.0. The molecule has 1 N–H and O–H groups in total. The Bertz CT molecular complexity index is 1330. The minimum absolute atomic E-state index is 0.164. The predicted molar refractivity (Wildman–Crippen MR) is 125 cm³/mol. The Balaban J connectivity index is 1.97. The lowest BCUT2D eigenvalue weighted by Crippen LogP contribution is -2.07. The molecule has 1 aliphatic rings.